The molecule has 0 radical (unpaired) electrons. The smallest absolute Gasteiger partial charge is 0.101 e. The normalized spacial score (nSPS) is 12.4. The van der Waals surface area contributed by atoms with Crippen molar-refractivity contribution in [2.75, 3.05) is 0 Å². The van der Waals surface area contributed by atoms with E-state index >= 15 is 0 Å². The Hall–Kier alpha value is -1.03. The molecule has 0 bridgehead atoms. The lowest BCUT2D eigenvalue weighted by atomic mass is 10.0. The molecule has 1 heterocycles. The van der Waals surface area contributed by atoms with Crippen LogP contribution in [0.15, 0.2) is 40.3 Å². The van der Waals surface area contributed by atoms with Gasteiger partial charge in [0.05, 0.1) is 5.02 Å². The fourth-order valence-electron chi connectivity index (χ4n) is 2.22. The van der Waals surface area contributed by atoms with E-state index in [0.717, 1.165) is 33.5 Å². The maximum atomic E-state index is 6.40. The van der Waals surface area contributed by atoms with Gasteiger partial charge in [-0.1, -0.05) is 42.4 Å². The van der Waals surface area contributed by atoms with Gasteiger partial charge in [0.2, 0.25) is 0 Å². The second-order valence-corrected chi connectivity index (χ2v) is 6.76. The highest BCUT2D eigenvalue weighted by atomic mass is 35.5. The average molecular weight is 321 g/mol. The summed E-state index contributed by atoms with van der Waals surface area (Å²) >= 11 is 8.02. The zero-order valence-corrected chi connectivity index (χ0v) is 14.3. The van der Waals surface area contributed by atoms with Crippen molar-refractivity contribution in [2.45, 2.75) is 49.6 Å². The van der Waals surface area contributed by atoms with E-state index in [2.05, 4.69) is 37.0 Å². The minimum Gasteiger partial charge on any atom is -0.327 e. The van der Waals surface area contributed by atoms with Gasteiger partial charge in [0.1, 0.15) is 5.03 Å². The molecule has 1 aromatic heterocycles. The van der Waals surface area contributed by atoms with Gasteiger partial charge in [-0.15, -0.1) is 0 Å². The van der Waals surface area contributed by atoms with Crippen molar-refractivity contribution in [3.8, 4) is 0 Å². The highest BCUT2D eigenvalue weighted by Gasteiger charge is 2.12. The number of hydrogen-bond acceptors (Lipinski definition) is 3. The fourth-order valence-corrected chi connectivity index (χ4v) is 3.62. The van der Waals surface area contributed by atoms with Crippen LogP contribution in [0.2, 0.25) is 5.02 Å². The third-order valence-corrected chi connectivity index (χ3v) is 4.87. The monoisotopic (exact) mass is 320 g/mol. The molecule has 0 saturated carbocycles. The molecule has 2 N–H and O–H groups in total. The number of benzene rings is 1. The molecule has 0 spiro atoms. The van der Waals surface area contributed by atoms with Crippen LogP contribution in [-0.4, -0.2) is 11.0 Å². The molecule has 21 heavy (non-hydrogen) atoms. The van der Waals surface area contributed by atoms with Crippen molar-refractivity contribution in [2.24, 2.45) is 5.73 Å². The molecule has 0 fully saturated rings. The average Bonchev–Trinajstić information content (AvgIpc) is 2.41. The molecule has 0 aliphatic carbocycles. The van der Waals surface area contributed by atoms with E-state index < -0.39 is 0 Å². The van der Waals surface area contributed by atoms with E-state index in [1.54, 1.807) is 11.8 Å². The number of pyridine rings is 1. The van der Waals surface area contributed by atoms with Gasteiger partial charge in [0.25, 0.3) is 0 Å². The number of nitrogens with two attached hydrogens (primary N) is 1. The highest BCUT2D eigenvalue weighted by Crippen LogP contribution is 2.36. The van der Waals surface area contributed by atoms with Crippen molar-refractivity contribution in [3.05, 3.63) is 52.2 Å². The quantitative estimate of drug-likeness (QED) is 0.861. The molecule has 1 atom stereocenters. The van der Waals surface area contributed by atoms with Gasteiger partial charge in [0.15, 0.2) is 0 Å². The van der Waals surface area contributed by atoms with Gasteiger partial charge in [-0.25, -0.2) is 4.98 Å². The van der Waals surface area contributed by atoms with Gasteiger partial charge in [-0.2, -0.15) is 0 Å². The van der Waals surface area contributed by atoms with Crippen molar-refractivity contribution >= 4 is 23.4 Å². The Balaban J connectivity index is 2.34. The van der Waals surface area contributed by atoms with Crippen LogP contribution >= 0.6 is 23.4 Å². The largest absolute Gasteiger partial charge is 0.327 e. The Morgan fingerprint density at radius 1 is 1.29 bits per heavy atom. The molecule has 1 unspecified atom stereocenters. The maximum Gasteiger partial charge on any atom is 0.101 e. The lowest BCUT2D eigenvalue weighted by Crippen LogP contribution is -2.21. The summed E-state index contributed by atoms with van der Waals surface area (Å²) < 4.78 is 0. The van der Waals surface area contributed by atoms with Gasteiger partial charge in [-0.3, -0.25) is 0 Å². The molecule has 0 aliphatic heterocycles. The zero-order chi connectivity index (χ0) is 15.4. The molecule has 0 amide bonds. The molecule has 4 heteroatoms. The first-order chi connectivity index (χ1) is 9.99. The van der Waals surface area contributed by atoms with E-state index in [4.69, 9.17) is 17.3 Å². The Bertz CT molecular complexity index is 608. The van der Waals surface area contributed by atoms with Gasteiger partial charge in [0, 0.05) is 16.6 Å². The summed E-state index contributed by atoms with van der Waals surface area (Å²) in [6.45, 7) is 6.20. The predicted octanol–water partition coefficient (Wildman–Crippen LogP) is 4.78. The molecular formula is C17H21ClN2S. The number of rotatable bonds is 5. The lowest BCUT2D eigenvalue weighted by molar-refractivity contribution is 0.641. The van der Waals surface area contributed by atoms with Crippen LogP contribution in [-0.2, 0) is 6.42 Å². The minimum absolute atomic E-state index is 0.162. The van der Waals surface area contributed by atoms with E-state index in [1.807, 2.05) is 19.1 Å². The lowest BCUT2D eigenvalue weighted by Gasteiger charge is -2.14. The molecule has 2 rings (SSSR count). The molecule has 112 valence electrons. The number of hydrogen-bond donors (Lipinski definition) is 1. The van der Waals surface area contributed by atoms with E-state index in [-0.39, 0.29) is 6.04 Å². The number of halogens is 1. The topological polar surface area (TPSA) is 38.9 Å². The third-order valence-electron chi connectivity index (χ3n) is 3.34. The highest BCUT2D eigenvalue weighted by molar-refractivity contribution is 7.99. The molecule has 2 nitrogen and oxygen atoms in total. The van der Waals surface area contributed by atoms with E-state index in [0.29, 0.717) is 0 Å². The van der Waals surface area contributed by atoms with Crippen molar-refractivity contribution in [1.29, 1.82) is 0 Å². The van der Waals surface area contributed by atoms with E-state index in [1.165, 1.54) is 11.1 Å². The van der Waals surface area contributed by atoms with Crippen LogP contribution in [0.25, 0.3) is 0 Å². The number of nitrogens with zero attached hydrogens (tertiary/aromatic N) is 1. The predicted molar refractivity (Wildman–Crippen MR) is 91.3 cm³/mol. The first kappa shape index (κ1) is 16.3. The van der Waals surface area contributed by atoms with Gasteiger partial charge < -0.3 is 5.73 Å². The fraction of sp³-hybridized carbons (Fsp3) is 0.353. The Labute approximate surface area is 136 Å². The summed E-state index contributed by atoms with van der Waals surface area (Å²) in [6, 6.07) is 10.3. The van der Waals surface area contributed by atoms with Crippen LogP contribution in [0.1, 0.15) is 30.2 Å². The number of aryl methyl sites for hydroxylation is 2. The molecule has 1 aromatic carbocycles. The molecular weight excluding hydrogens is 300 g/mol. The molecule has 0 aliphatic rings. The second-order valence-electron chi connectivity index (χ2n) is 5.33. The molecule has 0 saturated heterocycles. The zero-order valence-electron chi connectivity index (χ0n) is 12.7. The van der Waals surface area contributed by atoms with Gasteiger partial charge in [-0.05, 0) is 56.0 Å². The standard InChI is InChI=1S/C17H21ClN2S/c1-4-14(19)10-13-6-5-7-15(18)17(13)21-16-9-11(2)8-12(3)20-16/h5-9,14H,4,10,19H2,1-3H3. The third kappa shape index (κ3) is 4.47. The number of aromatic nitrogens is 1. The summed E-state index contributed by atoms with van der Waals surface area (Å²) in [5.41, 5.74) is 9.53. The van der Waals surface area contributed by atoms with Crippen LogP contribution in [0.5, 0.6) is 0 Å². The summed E-state index contributed by atoms with van der Waals surface area (Å²) in [6.07, 6.45) is 1.79. The first-order valence-corrected chi connectivity index (χ1v) is 8.35. The maximum absolute atomic E-state index is 6.40. The van der Waals surface area contributed by atoms with Crippen LogP contribution in [0.3, 0.4) is 0 Å². The van der Waals surface area contributed by atoms with Crippen LogP contribution in [0.4, 0.5) is 0 Å². The Kier molecular flexibility index (Phi) is 5.68. The van der Waals surface area contributed by atoms with Gasteiger partial charge >= 0.3 is 0 Å². The summed E-state index contributed by atoms with van der Waals surface area (Å²) in [5.74, 6) is 0. The van der Waals surface area contributed by atoms with E-state index in [9.17, 15) is 0 Å². The Morgan fingerprint density at radius 3 is 2.71 bits per heavy atom. The summed E-state index contributed by atoms with van der Waals surface area (Å²) in [5, 5.41) is 1.74. The van der Waals surface area contributed by atoms with Crippen LogP contribution < -0.4 is 5.73 Å². The molecule has 2 aromatic rings. The van der Waals surface area contributed by atoms with Crippen molar-refractivity contribution < 1.29 is 0 Å². The van der Waals surface area contributed by atoms with Crippen molar-refractivity contribution in [3.63, 3.8) is 0 Å². The second kappa shape index (κ2) is 7.30. The first-order valence-electron chi connectivity index (χ1n) is 7.15. The summed E-state index contributed by atoms with van der Waals surface area (Å²) in [4.78, 5) is 5.65. The minimum atomic E-state index is 0.162. The SMILES string of the molecule is CCC(N)Cc1cccc(Cl)c1Sc1cc(C)cc(C)n1. The Morgan fingerprint density at radius 2 is 2.05 bits per heavy atom. The van der Waals surface area contributed by atoms with Crippen LogP contribution in [0, 0.1) is 13.8 Å². The summed E-state index contributed by atoms with van der Waals surface area (Å²) in [7, 11) is 0. The van der Waals surface area contributed by atoms with Crippen molar-refractivity contribution in [1.82, 2.24) is 4.98 Å².